The van der Waals surface area contributed by atoms with E-state index >= 15 is 0 Å². The maximum Gasteiger partial charge on any atom is 0.123 e. The Morgan fingerprint density at radius 2 is 1.32 bits per heavy atom. The van der Waals surface area contributed by atoms with Crippen molar-refractivity contribution in [3.8, 4) is 11.5 Å². The molecule has 2 heteroatoms. The standard InChI is InChI=1S/C29H36O2/c1-27(2)15-9-16-28(3)23(18-21-10-5-7-12-25(21)30-28)14-17-29(4)24(20-27)19-22-11-6-8-13-26(22)31-29/h5-13,15,23-24H,14,16-20H2,1-4H3/b15-9+/t23-,24+,28?,29?/m0/s1. The predicted molar refractivity (Wildman–Crippen MR) is 127 cm³/mol. The van der Waals surface area contributed by atoms with Crippen LogP contribution in [0.3, 0.4) is 0 Å². The third kappa shape index (κ3) is 3.90. The van der Waals surface area contributed by atoms with Crippen LogP contribution in [0.2, 0.25) is 0 Å². The van der Waals surface area contributed by atoms with Crippen LogP contribution in [-0.4, -0.2) is 11.2 Å². The van der Waals surface area contributed by atoms with Crippen LogP contribution in [0, 0.1) is 17.3 Å². The molecule has 3 aliphatic rings. The van der Waals surface area contributed by atoms with Crippen LogP contribution in [0.1, 0.15) is 64.5 Å². The molecule has 0 fully saturated rings. The van der Waals surface area contributed by atoms with Crippen molar-refractivity contribution in [3.05, 3.63) is 71.8 Å². The van der Waals surface area contributed by atoms with Crippen molar-refractivity contribution in [2.45, 2.75) is 77.4 Å². The van der Waals surface area contributed by atoms with Crippen LogP contribution < -0.4 is 9.47 Å². The highest BCUT2D eigenvalue weighted by molar-refractivity contribution is 5.38. The Balaban J connectivity index is 1.52. The minimum Gasteiger partial charge on any atom is -0.487 e. The summed E-state index contributed by atoms with van der Waals surface area (Å²) in [5.74, 6) is 3.13. The van der Waals surface area contributed by atoms with Crippen LogP contribution in [0.25, 0.3) is 0 Å². The number of fused-ring (bicyclic) bond motifs is 4. The number of rotatable bonds is 0. The Morgan fingerprint density at radius 1 is 0.742 bits per heavy atom. The minimum atomic E-state index is -0.177. The van der Waals surface area contributed by atoms with E-state index in [0.717, 1.165) is 50.0 Å². The lowest BCUT2D eigenvalue weighted by Gasteiger charge is -2.47. The van der Waals surface area contributed by atoms with Gasteiger partial charge in [-0.15, -0.1) is 0 Å². The molecule has 0 saturated heterocycles. The summed E-state index contributed by atoms with van der Waals surface area (Å²) in [6, 6.07) is 17.2. The summed E-state index contributed by atoms with van der Waals surface area (Å²) in [6.07, 6.45) is 11.3. The fraction of sp³-hybridized carbons (Fsp3) is 0.517. The van der Waals surface area contributed by atoms with Gasteiger partial charge >= 0.3 is 0 Å². The van der Waals surface area contributed by atoms with Gasteiger partial charge < -0.3 is 9.47 Å². The SMILES string of the molecule is CC1(C)/C=C/CC2(C)Oc3ccccc3C[C@@H]2CCC2(C)Oc3ccccc3C[C@@H]2C1. The number of hydrogen-bond donors (Lipinski definition) is 0. The number of allylic oxidation sites excluding steroid dienone is 1. The minimum absolute atomic E-state index is 0.129. The summed E-state index contributed by atoms with van der Waals surface area (Å²) < 4.78 is 13.5. The van der Waals surface area contributed by atoms with Gasteiger partial charge in [-0.2, -0.15) is 0 Å². The number of hydrogen-bond acceptors (Lipinski definition) is 2. The molecule has 0 spiro atoms. The molecule has 0 N–H and O–H groups in total. The molecule has 0 radical (unpaired) electrons. The Bertz CT molecular complexity index is 990. The number of benzene rings is 2. The molecule has 5 rings (SSSR count). The Labute approximate surface area is 187 Å². The van der Waals surface area contributed by atoms with Crippen LogP contribution in [0.15, 0.2) is 60.7 Å². The summed E-state index contributed by atoms with van der Waals surface area (Å²) in [5, 5.41) is 0. The smallest absolute Gasteiger partial charge is 0.123 e. The average Bonchev–Trinajstić information content (AvgIpc) is 2.73. The second kappa shape index (κ2) is 7.43. The fourth-order valence-electron chi connectivity index (χ4n) is 6.11. The molecule has 2 aliphatic heterocycles. The van der Waals surface area contributed by atoms with Gasteiger partial charge in [0.2, 0.25) is 0 Å². The molecule has 0 amide bonds. The van der Waals surface area contributed by atoms with E-state index in [4.69, 9.17) is 9.47 Å². The molecule has 0 saturated carbocycles. The molecule has 2 aromatic rings. The molecule has 2 heterocycles. The quantitative estimate of drug-likeness (QED) is 0.424. The Hall–Kier alpha value is -2.22. The number of ether oxygens (including phenoxy) is 2. The molecule has 0 bridgehead atoms. The molecule has 1 aliphatic carbocycles. The van der Waals surface area contributed by atoms with Crippen molar-refractivity contribution < 1.29 is 9.47 Å². The van der Waals surface area contributed by atoms with Crippen LogP contribution in [0.4, 0.5) is 0 Å². The maximum absolute atomic E-state index is 6.81. The first-order valence-electron chi connectivity index (χ1n) is 12.0. The monoisotopic (exact) mass is 416 g/mol. The van der Waals surface area contributed by atoms with Gasteiger partial charge in [0.15, 0.2) is 0 Å². The zero-order valence-electron chi connectivity index (χ0n) is 19.5. The second-order valence-corrected chi connectivity index (χ2v) is 11.2. The largest absolute Gasteiger partial charge is 0.487 e. The predicted octanol–water partition coefficient (Wildman–Crippen LogP) is 7.16. The Kier molecular flexibility index (Phi) is 4.95. The number of para-hydroxylation sites is 2. The average molecular weight is 417 g/mol. The van der Waals surface area contributed by atoms with E-state index < -0.39 is 0 Å². The second-order valence-electron chi connectivity index (χ2n) is 11.2. The van der Waals surface area contributed by atoms with Gasteiger partial charge in [0.25, 0.3) is 0 Å². The van der Waals surface area contributed by atoms with E-state index in [1.54, 1.807) is 0 Å². The summed E-state index contributed by atoms with van der Waals surface area (Å²) in [7, 11) is 0. The molecular weight excluding hydrogens is 380 g/mol. The van der Waals surface area contributed by atoms with Crippen molar-refractivity contribution in [1.29, 1.82) is 0 Å². The van der Waals surface area contributed by atoms with Crippen molar-refractivity contribution >= 4 is 0 Å². The highest BCUT2D eigenvalue weighted by Gasteiger charge is 2.46. The van der Waals surface area contributed by atoms with E-state index in [1.165, 1.54) is 11.1 Å². The molecule has 2 unspecified atom stereocenters. The van der Waals surface area contributed by atoms with Gasteiger partial charge in [-0.25, -0.2) is 0 Å². The van der Waals surface area contributed by atoms with E-state index in [-0.39, 0.29) is 16.6 Å². The molecule has 4 atom stereocenters. The van der Waals surface area contributed by atoms with Crippen molar-refractivity contribution in [2.75, 3.05) is 0 Å². The lowest BCUT2D eigenvalue weighted by molar-refractivity contribution is -0.0357. The summed E-state index contributed by atoms with van der Waals surface area (Å²) in [4.78, 5) is 0. The van der Waals surface area contributed by atoms with E-state index in [2.05, 4.69) is 88.4 Å². The van der Waals surface area contributed by atoms with Crippen molar-refractivity contribution in [1.82, 2.24) is 0 Å². The Morgan fingerprint density at radius 3 is 2.00 bits per heavy atom. The van der Waals surface area contributed by atoms with E-state index in [1.807, 2.05) is 0 Å². The van der Waals surface area contributed by atoms with Gasteiger partial charge in [0, 0.05) is 18.3 Å². The van der Waals surface area contributed by atoms with Gasteiger partial charge in [0.1, 0.15) is 22.7 Å². The van der Waals surface area contributed by atoms with Gasteiger partial charge in [-0.1, -0.05) is 62.4 Å². The third-order valence-corrected chi connectivity index (χ3v) is 8.15. The van der Waals surface area contributed by atoms with Crippen molar-refractivity contribution in [3.63, 3.8) is 0 Å². The molecule has 2 aromatic carbocycles. The molecule has 2 nitrogen and oxygen atoms in total. The summed E-state index contributed by atoms with van der Waals surface area (Å²) in [6.45, 7) is 9.43. The first kappa shape index (κ1) is 20.7. The molecular formula is C29H36O2. The summed E-state index contributed by atoms with van der Waals surface area (Å²) in [5.41, 5.74) is 2.51. The topological polar surface area (TPSA) is 18.5 Å². The summed E-state index contributed by atoms with van der Waals surface area (Å²) >= 11 is 0. The molecule has 0 aromatic heterocycles. The van der Waals surface area contributed by atoms with E-state index in [0.29, 0.717) is 11.8 Å². The van der Waals surface area contributed by atoms with Crippen LogP contribution in [0.5, 0.6) is 11.5 Å². The first-order valence-corrected chi connectivity index (χ1v) is 12.0. The lowest BCUT2D eigenvalue weighted by atomic mass is 9.69. The van der Waals surface area contributed by atoms with Gasteiger partial charge in [0.05, 0.1) is 0 Å². The zero-order valence-corrected chi connectivity index (χ0v) is 19.5. The van der Waals surface area contributed by atoms with Gasteiger partial charge in [-0.3, -0.25) is 0 Å². The normalized spacial score (nSPS) is 35.0. The molecule has 164 valence electrons. The lowest BCUT2D eigenvalue weighted by Crippen LogP contribution is -2.49. The zero-order chi connectivity index (χ0) is 21.7. The fourth-order valence-corrected chi connectivity index (χ4v) is 6.11. The highest BCUT2D eigenvalue weighted by Crippen LogP contribution is 2.48. The van der Waals surface area contributed by atoms with Crippen LogP contribution >= 0.6 is 0 Å². The molecule has 31 heavy (non-hydrogen) atoms. The third-order valence-electron chi connectivity index (χ3n) is 8.15. The highest BCUT2D eigenvalue weighted by atomic mass is 16.5. The van der Waals surface area contributed by atoms with Crippen molar-refractivity contribution in [2.24, 2.45) is 17.3 Å². The first-order chi connectivity index (χ1) is 14.8. The van der Waals surface area contributed by atoms with Gasteiger partial charge in [-0.05, 0) is 74.6 Å². The van der Waals surface area contributed by atoms with Crippen LogP contribution in [-0.2, 0) is 12.8 Å². The van der Waals surface area contributed by atoms with E-state index in [9.17, 15) is 0 Å². The maximum atomic E-state index is 6.81.